The zero-order valence-corrected chi connectivity index (χ0v) is 20.0. The second kappa shape index (κ2) is 12.4. The van der Waals surface area contributed by atoms with E-state index < -0.39 is 36.0 Å². The molecule has 0 unspecified atom stereocenters. The summed E-state index contributed by atoms with van der Waals surface area (Å²) in [4.78, 5) is 38.3. The molecular weight excluding hydrogens is 468 g/mol. The van der Waals surface area contributed by atoms with Crippen molar-refractivity contribution in [2.24, 2.45) is 0 Å². The number of benzene rings is 3. The van der Waals surface area contributed by atoms with Crippen LogP contribution >= 0.6 is 0 Å². The predicted molar refractivity (Wildman–Crippen MR) is 133 cm³/mol. The van der Waals surface area contributed by atoms with Crippen LogP contribution in [0.3, 0.4) is 0 Å². The number of carbonyl (C=O) groups is 3. The van der Waals surface area contributed by atoms with Gasteiger partial charge in [-0.1, -0.05) is 18.2 Å². The molecule has 0 saturated heterocycles. The molecule has 3 rings (SSSR count). The molecule has 3 aromatic carbocycles. The van der Waals surface area contributed by atoms with Crippen molar-refractivity contribution in [3.63, 3.8) is 0 Å². The number of ether oxygens (including phenoxy) is 1. The van der Waals surface area contributed by atoms with Gasteiger partial charge in [-0.25, -0.2) is 8.78 Å². The molecule has 0 aliphatic carbocycles. The fourth-order valence-corrected chi connectivity index (χ4v) is 3.45. The van der Waals surface area contributed by atoms with Gasteiger partial charge >= 0.3 is 5.97 Å². The van der Waals surface area contributed by atoms with E-state index in [9.17, 15) is 23.2 Å². The second-order valence-electron chi connectivity index (χ2n) is 8.19. The van der Waals surface area contributed by atoms with E-state index in [0.29, 0.717) is 11.8 Å². The van der Waals surface area contributed by atoms with Crippen molar-refractivity contribution < 1.29 is 27.9 Å². The maximum absolute atomic E-state index is 13.7. The van der Waals surface area contributed by atoms with Gasteiger partial charge < -0.3 is 20.3 Å². The number of para-hydroxylation sites is 1. The van der Waals surface area contributed by atoms with Gasteiger partial charge in [-0.05, 0) is 62.4 Å². The molecule has 0 aliphatic rings. The van der Waals surface area contributed by atoms with Gasteiger partial charge in [0.25, 0.3) is 11.8 Å². The topological polar surface area (TPSA) is 87.7 Å². The van der Waals surface area contributed by atoms with Gasteiger partial charge in [-0.15, -0.1) is 0 Å². The Morgan fingerprint density at radius 2 is 1.58 bits per heavy atom. The first-order chi connectivity index (χ1) is 17.2. The van der Waals surface area contributed by atoms with Crippen LogP contribution in [-0.2, 0) is 14.3 Å². The van der Waals surface area contributed by atoms with E-state index in [1.54, 1.807) is 12.1 Å². The van der Waals surface area contributed by atoms with Crippen LogP contribution in [-0.4, -0.2) is 37.0 Å². The van der Waals surface area contributed by atoms with Crippen LogP contribution < -0.4 is 15.5 Å². The summed E-state index contributed by atoms with van der Waals surface area (Å²) in [6.07, 6.45) is -0.219. The van der Waals surface area contributed by atoms with Crippen molar-refractivity contribution in [2.75, 3.05) is 23.4 Å². The molecule has 0 aromatic heterocycles. The summed E-state index contributed by atoms with van der Waals surface area (Å²) < 4.78 is 31.7. The van der Waals surface area contributed by atoms with Gasteiger partial charge in [-0.2, -0.15) is 0 Å². The number of rotatable bonds is 10. The Balaban J connectivity index is 1.49. The lowest BCUT2D eigenvalue weighted by atomic mass is 10.2. The van der Waals surface area contributed by atoms with Crippen molar-refractivity contribution in [3.8, 4) is 0 Å². The summed E-state index contributed by atoms with van der Waals surface area (Å²) in [5.74, 6) is -3.69. The molecule has 188 valence electrons. The molecule has 9 heteroatoms. The Labute approximate surface area is 208 Å². The monoisotopic (exact) mass is 495 g/mol. The van der Waals surface area contributed by atoms with Crippen LogP contribution in [0.1, 0.15) is 30.6 Å². The number of hydrogen-bond acceptors (Lipinski definition) is 5. The molecule has 0 radical (unpaired) electrons. The average Bonchev–Trinajstić information content (AvgIpc) is 2.84. The van der Waals surface area contributed by atoms with Crippen LogP contribution in [0.15, 0.2) is 72.8 Å². The first-order valence-electron chi connectivity index (χ1n) is 11.4. The highest BCUT2D eigenvalue weighted by Gasteiger charge is 2.21. The molecule has 2 N–H and O–H groups in total. The zero-order valence-electron chi connectivity index (χ0n) is 20.0. The highest BCUT2D eigenvalue weighted by atomic mass is 19.1. The van der Waals surface area contributed by atoms with Gasteiger partial charge in [-0.3, -0.25) is 14.4 Å². The van der Waals surface area contributed by atoms with Crippen LogP contribution in [0.5, 0.6) is 0 Å². The van der Waals surface area contributed by atoms with E-state index in [2.05, 4.69) is 10.6 Å². The normalized spacial score (nSPS) is 10.6. The van der Waals surface area contributed by atoms with Crippen LogP contribution in [0.25, 0.3) is 0 Å². The first kappa shape index (κ1) is 26.3. The summed E-state index contributed by atoms with van der Waals surface area (Å²) in [6.45, 7) is 3.09. The summed E-state index contributed by atoms with van der Waals surface area (Å²) in [5, 5.41) is 5.64. The number of amides is 2. The van der Waals surface area contributed by atoms with E-state index in [4.69, 9.17) is 4.74 Å². The first-order valence-corrected chi connectivity index (χ1v) is 11.4. The predicted octanol–water partition coefficient (Wildman–Crippen LogP) is 4.81. The third-order valence-corrected chi connectivity index (χ3v) is 5.14. The third kappa shape index (κ3) is 7.36. The Hall–Kier alpha value is -4.27. The summed E-state index contributed by atoms with van der Waals surface area (Å²) >= 11 is 0. The Morgan fingerprint density at radius 3 is 2.22 bits per heavy atom. The van der Waals surface area contributed by atoms with Crippen molar-refractivity contribution in [1.82, 2.24) is 5.32 Å². The van der Waals surface area contributed by atoms with Gasteiger partial charge in [0.15, 0.2) is 6.61 Å². The molecule has 0 atom stereocenters. The smallest absolute Gasteiger partial charge is 0.308 e. The highest BCUT2D eigenvalue weighted by Crippen LogP contribution is 2.23. The number of carbonyl (C=O) groups excluding carboxylic acids is 3. The number of halogens is 2. The molecule has 0 fully saturated rings. The fraction of sp³-hybridized carbons (Fsp3) is 0.222. The number of hydrogen-bond donors (Lipinski definition) is 2. The van der Waals surface area contributed by atoms with Crippen LogP contribution in [0.2, 0.25) is 0 Å². The molecule has 7 nitrogen and oxygen atoms in total. The molecule has 0 bridgehead atoms. The lowest BCUT2D eigenvalue weighted by Crippen LogP contribution is -2.40. The maximum Gasteiger partial charge on any atom is 0.308 e. The van der Waals surface area contributed by atoms with Gasteiger partial charge in [0.1, 0.15) is 11.6 Å². The minimum absolute atomic E-state index is 0.132. The molecular formula is C27H27F2N3O4. The molecule has 36 heavy (non-hydrogen) atoms. The number of anilines is 3. The second-order valence-corrected chi connectivity index (χ2v) is 8.19. The molecule has 0 spiro atoms. The summed E-state index contributed by atoms with van der Waals surface area (Å²) in [6, 6.07) is 19.4. The lowest BCUT2D eigenvalue weighted by molar-refractivity contribution is -0.147. The van der Waals surface area contributed by atoms with E-state index >= 15 is 0 Å². The zero-order chi connectivity index (χ0) is 26.1. The Kier molecular flexibility index (Phi) is 9.10. The SMILES string of the molecule is CC(C)N(C(=O)COC(=O)CCNC(=O)c1ccc(F)cc1F)c1ccc(Nc2ccccc2)cc1. The third-order valence-electron chi connectivity index (χ3n) is 5.14. The minimum atomic E-state index is -1.00. The Bertz CT molecular complexity index is 1200. The van der Waals surface area contributed by atoms with Gasteiger partial charge in [0.05, 0.1) is 12.0 Å². The van der Waals surface area contributed by atoms with Crippen molar-refractivity contribution >= 4 is 34.8 Å². The summed E-state index contributed by atoms with van der Waals surface area (Å²) in [5.41, 5.74) is 2.11. The van der Waals surface area contributed by atoms with Crippen molar-refractivity contribution in [3.05, 3.63) is 90.0 Å². The maximum atomic E-state index is 13.7. The van der Waals surface area contributed by atoms with Gasteiger partial charge in [0.2, 0.25) is 0 Å². The number of esters is 1. The molecule has 0 saturated carbocycles. The lowest BCUT2D eigenvalue weighted by Gasteiger charge is -2.27. The standard InChI is InChI=1S/C27H27F2N3O4/c1-18(2)32(22-11-9-21(10-12-22)31-20-6-4-3-5-7-20)25(33)17-36-26(34)14-15-30-27(35)23-13-8-19(28)16-24(23)29/h3-13,16,18,31H,14-15,17H2,1-2H3,(H,30,35). The minimum Gasteiger partial charge on any atom is -0.455 e. The Morgan fingerprint density at radius 1 is 0.917 bits per heavy atom. The van der Waals surface area contributed by atoms with Crippen LogP contribution in [0, 0.1) is 11.6 Å². The number of nitrogens with zero attached hydrogens (tertiary/aromatic N) is 1. The average molecular weight is 496 g/mol. The van der Waals surface area contributed by atoms with Crippen LogP contribution in [0.4, 0.5) is 25.8 Å². The van der Waals surface area contributed by atoms with E-state index in [-0.39, 0.29) is 24.6 Å². The van der Waals surface area contributed by atoms with E-state index in [1.807, 2.05) is 56.3 Å². The quantitative estimate of drug-likeness (QED) is 0.394. The van der Waals surface area contributed by atoms with E-state index in [0.717, 1.165) is 23.5 Å². The van der Waals surface area contributed by atoms with Crippen molar-refractivity contribution in [1.29, 1.82) is 0 Å². The largest absolute Gasteiger partial charge is 0.455 e. The molecule has 0 heterocycles. The van der Waals surface area contributed by atoms with E-state index in [1.165, 1.54) is 4.90 Å². The molecule has 0 aliphatic heterocycles. The fourth-order valence-electron chi connectivity index (χ4n) is 3.45. The van der Waals surface area contributed by atoms with Gasteiger partial charge in [0, 0.05) is 35.7 Å². The summed E-state index contributed by atoms with van der Waals surface area (Å²) in [7, 11) is 0. The number of nitrogens with one attached hydrogen (secondary N) is 2. The van der Waals surface area contributed by atoms with Crippen molar-refractivity contribution in [2.45, 2.75) is 26.3 Å². The molecule has 3 aromatic rings. The highest BCUT2D eigenvalue weighted by molar-refractivity contribution is 5.96. The molecule has 2 amide bonds.